The molecule has 1 heterocycles. The summed E-state index contributed by atoms with van der Waals surface area (Å²) < 4.78 is 0. The number of carboxylic acid groups (broad SMARTS) is 1. The summed E-state index contributed by atoms with van der Waals surface area (Å²) in [6.07, 6.45) is 0.683. The average Bonchev–Trinajstić information content (AvgIpc) is 2.42. The quantitative estimate of drug-likeness (QED) is 0.879. The van der Waals surface area contributed by atoms with Crippen LogP contribution in [0.1, 0.15) is 37.9 Å². The van der Waals surface area contributed by atoms with Gasteiger partial charge < -0.3 is 15.3 Å². The number of nitrogens with zero attached hydrogens (tertiary/aromatic N) is 1. The van der Waals surface area contributed by atoms with Gasteiger partial charge in [0.2, 0.25) is 0 Å². The van der Waals surface area contributed by atoms with Crippen LogP contribution < -0.4 is 5.32 Å². The van der Waals surface area contributed by atoms with E-state index in [1.807, 2.05) is 39.0 Å². The lowest BCUT2D eigenvalue weighted by Gasteiger charge is -2.35. The number of rotatable bonds is 2. The molecule has 1 unspecified atom stereocenters. The molecule has 2 rings (SSSR count). The van der Waals surface area contributed by atoms with Gasteiger partial charge >= 0.3 is 12.0 Å². The lowest BCUT2D eigenvalue weighted by atomic mass is 9.92. The lowest BCUT2D eigenvalue weighted by Crippen LogP contribution is -2.49. The standard InChI is InChI=1S/C16H22N2O3/c1-16(2,3)10-17-15(21)18-9-8-11-6-4-5-7-12(11)13(18)14(19)20/h4-7,13H,8-10H2,1-3H3,(H,17,21)(H,19,20). The van der Waals surface area contributed by atoms with Crippen molar-refractivity contribution in [2.45, 2.75) is 33.2 Å². The molecule has 0 saturated heterocycles. The van der Waals surface area contributed by atoms with Crippen molar-refractivity contribution < 1.29 is 14.7 Å². The van der Waals surface area contributed by atoms with Crippen LogP contribution >= 0.6 is 0 Å². The highest BCUT2D eigenvalue weighted by molar-refractivity contribution is 5.84. The van der Waals surface area contributed by atoms with Gasteiger partial charge in [-0.15, -0.1) is 0 Å². The Bertz CT molecular complexity index is 549. The highest BCUT2D eigenvalue weighted by Gasteiger charge is 2.35. The number of hydrogen-bond donors (Lipinski definition) is 2. The summed E-state index contributed by atoms with van der Waals surface area (Å²) in [5.41, 5.74) is 1.68. The van der Waals surface area contributed by atoms with Gasteiger partial charge in [-0.1, -0.05) is 45.0 Å². The molecule has 0 bridgehead atoms. The van der Waals surface area contributed by atoms with E-state index in [9.17, 15) is 14.7 Å². The number of urea groups is 1. The Morgan fingerprint density at radius 3 is 2.62 bits per heavy atom. The number of hydrogen-bond acceptors (Lipinski definition) is 2. The largest absolute Gasteiger partial charge is 0.479 e. The van der Waals surface area contributed by atoms with Gasteiger partial charge in [0.15, 0.2) is 6.04 Å². The third-order valence-corrected chi connectivity index (χ3v) is 3.55. The molecule has 0 aliphatic carbocycles. The van der Waals surface area contributed by atoms with Crippen molar-refractivity contribution in [1.82, 2.24) is 10.2 Å². The number of carbonyl (C=O) groups excluding carboxylic acids is 1. The molecule has 0 aromatic heterocycles. The molecule has 2 N–H and O–H groups in total. The first-order valence-corrected chi connectivity index (χ1v) is 7.15. The van der Waals surface area contributed by atoms with Crippen LogP contribution in [-0.2, 0) is 11.2 Å². The molecule has 0 fully saturated rings. The lowest BCUT2D eigenvalue weighted by molar-refractivity contribution is -0.142. The maximum absolute atomic E-state index is 12.3. The van der Waals surface area contributed by atoms with E-state index in [2.05, 4.69) is 5.32 Å². The molecule has 21 heavy (non-hydrogen) atoms. The van der Waals surface area contributed by atoms with Gasteiger partial charge in [0.25, 0.3) is 0 Å². The summed E-state index contributed by atoms with van der Waals surface area (Å²) in [7, 11) is 0. The zero-order valence-electron chi connectivity index (χ0n) is 12.7. The monoisotopic (exact) mass is 290 g/mol. The van der Waals surface area contributed by atoms with Gasteiger partial charge in [-0.05, 0) is 23.0 Å². The molecule has 0 saturated carbocycles. The second-order valence-corrected chi connectivity index (χ2v) is 6.60. The van der Waals surface area contributed by atoms with Crippen LogP contribution in [0.15, 0.2) is 24.3 Å². The number of nitrogens with one attached hydrogen (secondary N) is 1. The molecule has 1 aromatic rings. The maximum Gasteiger partial charge on any atom is 0.331 e. The Hall–Kier alpha value is -2.04. The third-order valence-electron chi connectivity index (χ3n) is 3.55. The summed E-state index contributed by atoms with van der Waals surface area (Å²) in [5, 5.41) is 12.3. The van der Waals surface area contributed by atoms with Crippen LogP contribution in [0.3, 0.4) is 0 Å². The summed E-state index contributed by atoms with van der Waals surface area (Å²) in [4.78, 5) is 25.3. The molecule has 5 nitrogen and oxygen atoms in total. The number of carboxylic acids is 1. The van der Waals surface area contributed by atoms with E-state index >= 15 is 0 Å². The Morgan fingerprint density at radius 1 is 1.33 bits per heavy atom. The fourth-order valence-corrected chi connectivity index (χ4v) is 2.49. The number of fused-ring (bicyclic) bond motifs is 1. The second-order valence-electron chi connectivity index (χ2n) is 6.60. The van der Waals surface area contributed by atoms with Gasteiger partial charge in [-0.25, -0.2) is 9.59 Å². The highest BCUT2D eigenvalue weighted by atomic mass is 16.4. The number of benzene rings is 1. The second kappa shape index (κ2) is 5.76. The fourth-order valence-electron chi connectivity index (χ4n) is 2.49. The molecule has 0 spiro atoms. The van der Waals surface area contributed by atoms with Gasteiger partial charge in [-0.3, -0.25) is 0 Å². The van der Waals surface area contributed by atoms with Crippen molar-refractivity contribution in [3.63, 3.8) is 0 Å². The molecule has 1 atom stereocenters. The van der Waals surface area contributed by atoms with Crippen molar-refractivity contribution >= 4 is 12.0 Å². The first kappa shape index (κ1) is 15.4. The average molecular weight is 290 g/mol. The SMILES string of the molecule is CC(C)(C)CNC(=O)N1CCc2ccccc2C1C(=O)O. The van der Waals surface area contributed by atoms with E-state index in [4.69, 9.17) is 0 Å². The van der Waals surface area contributed by atoms with Crippen molar-refractivity contribution in [1.29, 1.82) is 0 Å². The zero-order valence-corrected chi connectivity index (χ0v) is 12.7. The van der Waals surface area contributed by atoms with Gasteiger partial charge in [0, 0.05) is 13.1 Å². The molecular weight excluding hydrogens is 268 g/mol. The smallest absolute Gasteiger partial charge is 0.331 e. The van der Waals surface area contributed by atoms with E-state index in [0.29, 0.717) is 25.1 Å². The Labute approximate surface area is 125 Å². The molecule has 1 aliphatic heterocycles. The summed E-state index contributed by atoms with van der Waals surface area (Å²) in [5.74, 6) is -0.993. The fraction of sp³-hybridized carbons (Fsp3) is 0.500. The number of amides is 2. The van der Waals surface area contributed by atoms with E-state index in [0.717, 1.165) is 5.56 Å². The van der Waals surface area contributed by atoms with Crippen LogP contribution in [0.2, 0.25) is 0 Å². The van der Waals surface area contributed by atoms with Crippen LogP contribution in [0, 0.1) is 5.41 Å². The molecule has 0 radical (unpaired) electrons. The first-order chi connectivity index (χ1) is 9.79. The summed E-state index contributed by atoms with van der Waals surface area (Å²) in [6.45, 7) is 6.99. The Balaban J connectivity index is 2.20. The minimum atomic E-state index is -0.993. The maximum atomic E-state index is 12.3. The van der Waals surface area contributed by atoms with E-state index in [-0.39, 0.29) is 11.4 Å². The molecule has 5 heteroatoms. The van der Waals surface area contributed by atoms with Crippen LogP contribution in [0.5, 0.6) is 0 Å². The first-order valence-electron chi connectivity index (χ1n) is 7.15. The third kappa shape index (κ3) is 3.54. The number of aliphatic carboxylic acids is 1. The van der Waals surface area contributed by atoms with Crippen LogP contribution in [-0.4, -0.2) is 35.1 Å². The van der Waals surface area contributed by atoms with E-state index < -0.39 is 12.0 Å². The zero-order chi connectivity index (χ0) is 15.6. The molecule has 2 amide bonds. The minimum absolute atomic E-state index is 0.0396. The van der Waals surface area contributed by atoms with Crippen molar-refractivity contribution in [2.75, 3.05) is 13.1 Å². The topological polar surface area (TPSA) is 69.6 Å². The van der Waals surface area contributed by atoms with Gasteiger partial charge in [0.05, 0.1) is 0 Å². The van der Waals surface area contributed by atoms with Gasteiger partial charge in [0.1, 0.15) is 0 Å². The van der Waals surface area contributed by atoms with Crippen LogP contribution in [0.4, 0.5) is 4.79 Å². The van der Waals surface area contributed by atoms with Crippen molar-refractivity contribution in [2.24, 2.45) is 5.41 Å². The molecule has 1 aliphatic rings. The predicted molar refractivity (Wildman–Crippen MR) is 80.1 cm³/mol. The number of carbonyl (C=O) groups is 2. The normalized spacial score (nSPS) is 18.0. The Morgan fingerprint density at radius 2 is 2.00 bits per heavy atom. The summed E-state index contributed by atoms with van der Waals surface area (Å²) >= 11 is 0. The Kier molecular flexibility index (Phi) is 4.21. The van der Waals surface area contributed by atoms with E-state index in [1.54, 1.807) is 6.07 Å². The van der Waals surface area contributed by atoms with Crippen molar-refractivity contribution in [3.8, 4) is 0 Å². The van der Waals surface area contributed by atoms with E-state index in [1.165, 1.54) is 4.90 Å². The molecule has 114 valence electrons. The predicted octanol–water partition coefficient (Wildman–Crippen LogP) is 2.43. The summed E-state index contributed by atoms with van der Waals surface area (Å²) in [6, 6.07) is 6.20. The molecule has 1 aromatic carbocycles. The van der Waals surface area contributed by atoms with Crippen molar-refractivity contribution in [3.05, 3.63) is 35.4 Å². The van der Waals surface area contributed by atoms with Gasteiger partial charge in [-0.2, -0.15) is 0 Å². The molecular formula is C16H22N2O3. The minimum Gasteiger partial charge on any atom is -0.479 e. The highest BCUT2D eigenvalue weighted by Crippen LogP contribution is 2.30. The van der Waals surface area contributed by atoms with Crippen LogP contribution in [0.25, 0.3) is 0 Å².